The Bertz CT molecular complexity index is 1890. The molecule has 0 aliphatic heterocycles. The molecule has 0 aliphatic carbocycles. The second kappa shape index (κ2) is 66.3. The first kappa shape index (κ1) is 94.1. The normalized spacial score (nSPS) is 14.4. The van der Waals surface area contributed by atoms with Crippen molar-refractivity contribution < 1.29 is 80.2 Å². The summed E-state index contributed by atoms with van der Waals surface area (Å²) >= 11 is 0. The lowest BCUT2D eigenvalue weighted by molar-refractivity contribution is -0.161. The molecule has 0 saturated carbocycles. The number of carbonyl (C=O) groups is 4. The first-order valence-corrected chi connectivity index (χ1v) is 42.7. The van der Waals surface area contributed by atoms with Gasteiger partial charge in [0.05, 0.1) is 26.4 Å². The largest absolute Gasteiger partial charge is 0.472 e. The summed E-state index contributed by atoms with van der Waals surface area (Å²) in [6.45, 7) is 14.2. The molecular weight excluding hydrogens is 1260 g/mol. The van der Waals surface area contributed by atoms with Crippen molar-refractivity contribution in [2.45, 2.75) is 408 Å². The molecule has 0 radical (unpaired) electrons. The Morgan fingerprint density at radius 1 is 0.292 bits per heavy atom. The molecule has 96 heavy (non-hydrogen) atoms. The van der Waals surface area contributed by atoms with Gasteiger partial charge in [0.25, 0.3) is 0 Å². The van der Waals surface area contributed by atoms with Crippen LogP contribution in [0.5, 0.6) is 0 Å². The molecule has 3 N–H and O–H groups in total. The van der Waals surface area contributed by atoms with Crippen LogP contribution in [0.3, 0.4) is 0 Å². The number of aliphatic hydroxyl groups is 1. The van der Waals surface area contributed by atoms with Gasteiger partial charge in [-0.15, -0.1) is 0 Å². The van der Waals surface area contributed by atoms with E-state index >= 15 is 0 Å². The zero-order valence-electron chi connectivity index (χ0n) is 63.0. The van der Waals surface area contributed by atoms with Crippen molar-refractivity contribution in [2.75, 3.05) is 39.6 Å². The SMILES string of the molecule is CCC(C)CCCCCCCCCCCCCCCCCCCCC(=O)O[C@H](COC(=O)CCCCCCCCC(C)C)COP(=O)(O)OC[C@H](O)COP(=O)(O)OC[C@@H](COC(=O)CCCCCCCCCCC(C)C)OC(=O)CCCCCCCCCCCCCC(C)C. The summed E-state index contributed by atoms with van der Waals surface area (Å²) in [4.78, 5) is 72.7. The summed E-state index contributed by atoms with van der Waals surface area (Å²) in [5.74, 6) is 0.919. The van der Waals surface area contributed by atoms with Crippen LogP contribution in [0.2, 0.25) is 0 Å². The molecule has 570 valence electrons. The van der Waals surface area contributed by atoms with Crippen molar-refractivity contribution in [3.63, 3.8) is 0 Å². The number of esters is 4. The molecule has 17 nitrogen and oxygen atoms in total. The molecule has 6 atom stereocenters. The Kier molecular flexibility index (Phi) is 65.0. The van der Waals surface area contributed by atoms with E-state index in [-0.39, 0.29) is 25.7 Å². The monoisotopic (exact) mass is 1410 g/mol. The van der Waals surface area contributed by atoms with E-state index < -0.39 is 97.5 Å². The van der Waals surface area contributed by atoms with E-state index in [1.165, 1.54) is 186 Å². The van der Waals surface area contributed by atoms with Gasteiger partial charge in [0.2, 0.25) is 0 Å². The summed E-state index contributed by atoms with van der Waals surface area (Å²) in [6, 6.07) is 0. The van der Waals surface area contributed by atoms with Crippen molar-refractivity contribution in [3.8, 4) is 0 Å². The van der Waals surface area contributed by atoms with E-state index in [0.717, 1.165) is 114 Å². The average Bonchev–Trinajstić information content (AvgIpc) is 1.12. The third-order valence-corrected chi connectivity index (χ3v) is 20.1. The van der Waals surface area contributed by atoms with E-state index in [0.29, 0.717) is 31.6 Å². The van der Waals surface area contributed by atoms with E-state index in [2.05, 4.69) is 55.4 Å². The maximum atomic E-state index is 13.1. The second-order valence-corrected chi connectivity index (χ2v) is 32.3. The highest BCUT2D eigenvalue weighted by molar-refractivity contribution is 7.47. The topological polar surface area (TPSA) is 237 Å². The molecule has 0 rings (SSSR count). The van der Waals surface area contributed by atoms with Crippen LogP contribution in [0.15, 0.2) is 0 Å². The number of carbonyl (C=O) groups excluding carboxylic acids is 4. The number of aliphatic hydroxyl groups excluding tert-OH is 1. The first-order valence-electron chi connectivity index (χ1n) is 39.7. The van der Waals surface area contributed by atoms with Crippen LogP contribution in [-0.4, -0.2) is 96.7 Å². The Morgan fingerprint density at radius 3 is 0.740 bits per heavy atom. The van der Waals surface area contributed by atoms with Gasteiger partial charge in [-0.05, 0) is 49.4 Å². The van der Waals surface area contributed by atoms with Crippen LogP contribution in [0.4, 0.5) is 0 Å². The zero-order chi connectivity index (χ0) is 71.0. The van der Waals surface area contributed by atoms with Gasteiger partial charge in [0.15, 0.2) is 12.2 Å². The zero-order valence-corrected chi connectivity index (χ0v) is 64.8. The smallest absolute Gasteiger partial charge is 0.462 e. The Hall–Kier alpha value is -1.94. The molecule has 0 aromatic rings. The Morgan fingerprint density at radius 2 is 0.500 bits per heavy atom. The molecule has 3 unspecified atom stereocenters. The van der Waals surface area contributed by atoms with Crippen LogP contribution in [-0.2, 0) is 65.4 Å². The fraction of sp³-hybridized carbons (Fsp3) is 0.948. The molecule has 0 amide bonds. The Balaban J connectivity index is 5.16. The van der Waals surface area contributed by atoms with Crippen molar-refractivity contribution >= 4 is 39.5 Å². The quantitative estimate of drug-likeness (QED) is 0.0222. The lowest BCUT2D eigenvalue weighted by Gasteiger charge is -2.21. The van der Waals surface area contributed by atoms with Crippen LogP contribution >= 0.6 is 15.6 Å². The maximum Gasteiger partial charge on any atom is 0.472 e. The number of rotatable bonds is 74. The molecule has 0 aromatic heterocycles. The fourth-order valence-electron chi connectivity index (χ4n) is 11.7. The minimum absolute atomic E-state index is 0.105. The van der Waals surface area contributed by atoms with Crippen molar-refractivity contribution in [3.05, 3.63) is 0 Å². The van der Waals surface area contributed by atoms with Gasteiger partial charge in [-0.3, -0.25) is 37.3 Å². The molecular formula is C77H150O17P2. The molecule has 0 heterocycles. The second-order valence-electron chi connectivity index (χ2n) is 29.4. The van der Waals surface area contributed by atoms with Crippen molar-refractivity contribution in [1.29, 1.82) is 0 Å². The highest BCUT2D eigenvalue weighted by Gasteiger charge is 2.30. The van der Waals surface area contributed by atoms with E-state index in [4.69, 9.17) is 37.0 Å². The van der Waals surface area contributed by atoms with Crippen LogP contribution in [0.25, 0.3) is 0 Å². The number of unbranched alkanes of at least 4 members (excludes halogenated alkanes) is 39. The molecule has 0 saturated heterocycles. The third kappa shape index (κ3) is 69.2. The molecule has 0 fully saturated rings. The summed E-state index contributed by atoms with van der Waals surface area (Å²) in [5, 5.41) is 10.6. The van der Waals surface area contributed by atoms with Crippen molar-refractivity contribution in [2.24, 2.45) is 23.7 Å². The summed E-state index contributed by atoms with van der Waals surface area (Å²) in [6.07, 6.45) is 51.6. The van der Waals surface area contributed by atoms with Crippen LogP contribution < -0.4 is 0 Å². The third-order valence-electron chi connectivity index (χ3n) is 18.2. The predicted octanol–water partition coefficient (Wildman–Crippen LogP) is 22.4. The molecule has 0 aromatic carbocycles. The van der Waals surface area contributed by atoms with Crippen LogP contribution in [0, 0.1) is 23.7 Å². The first-order chi connectivity index (χ1) is 46.1. The summed E-state index contributed by atoms with van der Waals surface area (Å²) in [5.41, 5.74) is 0. The highest BCUT2D eigenvalue weighted by Crippen LogP contribution is 2.45. The van der Waals surface area contributed by atoms with Crippen molar-refractivity contribution in [1.82, 2.24) is 0 Å². The minimum atomic E-state index is -4.96. The predicted molar refractivity (Wildman–Crippen MR) is 391 cm³/mol. The minimum Gasteiger partial charge on any atom is -0.462 e. The lowest BCUT2D eigenvalue weighted by Crippen LogP contribution is -2.30. The van der Waals surface area contributed by atoms with Gasteiger partial charge >= 0.3 is 39.5 Å². The molecule has 19 heteroatoms. The van der Waals surface area contributed by atoms with E-state index in [1.807, 2.05) is 0 Å². The number of phosphoric acid groups is 2. The summed E-state index contributed by atoms with van der Waals surface area (Å²) in [7, 11) is -9.91. The van der Waals surface area contributed by atoms with Crippen LogP contribution in [0.1, 0.15) is 389 Å². The van der Waals surface area contributed by atoms with Gasteiger partial charge in [0, 0.05) is 25.7 Å². The maximum absolute atomic E-state index is 13.1. The van der Waals surface area contributed by atoms with E-state index in [9.17, 15) is 43.2 Å². The van der Waals surface area contributed by atoms with Gasteiger partial charge in [-0.1, -0.05) is 338 Å². The number of phosphoric ester groups is 2. The molecule has 0 bridgehead atoms. The number of hydrogen-bond acceptors (Lipinski definition) is 15. The molecule has 0 aliphatic rings. The number of hydrogen-bond donors (Lipinski definition) is 3. The number of ether oxygens (including phenoxy) is 4. The van der Waals surface area contributed by atoms with E-state index in [1.54, 1.807) is 0 Å². The Labute approximate surface area is 588 Å². The van der Waals surface area contributed by atoms with Gasteiger partial charge < -0.3 is 33.8 Å². The standard InChI is InChI=1S/C77H150O17P2/c1-9-70(8)56-48-40-31-24-20-16-14-12-10-11-13-15-17-21-25-33-43-51-59-76(81)94-73(64-88-75(80)58-50-42-36-35-39-47-55-69(6)7)66-92-96(85,86)90-62-71(78)61-89-95(83,84)91-65-72(63-87-74(79)57-49-41-32-28-27-30-38-46-54-68(4)5)93-77(82)60-52-44-34-26-22-18-19-23-29-37-45-53-67(2)3/h67-73,78H,9-66H2,1-8H3,(H,83,84)(H,85,86)/t70?,71-,72-,73-/m1/s1. The highest BCUT2D eigenvalue weighted by atomic mass is 31.2. The lowest BCUT2D eigenvalue weighted by atomic mass is 9.99. The van der Waals surface area contributed by atoms with Gasteiger partial charge in [0.1, 0.15) is 19.3 Å². The molecule has 0 spiro atoms. The summed E-state index contributed by atoms with van der Waals surface area (Å²) < 4.78 is 68.5. The van der Waals surface area contributed by atoms with Gasteiger partial charge in [-0.2, -0.15) is 0 Å². The fourth-order valence-corrected chi connectivity index (χ4v) is 13.3. The van der Waals surface area contributed by atoms with Gasteiger partial charge in [-0.25, -0.2) is 9.13 Å². The average molecular weight is 1410 g/mol.